The number of fused-ring (bicyclic) bond motifs is 1. The maximum Gasteiger partial charge on any atom is 0.341 e. The summed E-state index contributed by atoms with van der Waals surface area (Å²) in [7, 11) is 4.34. The number of rotatable bonds is 6. The molecule has 28 heavy (non-hydrogen) atoms. The third-order valence-corrected chi connectivity index (χ3v) is 7.39. The molecule has 1 fully saturated rings. The van der Waals surface area contributed by atoms with Gasteiger partial charge < -0.3 is 19.9 Å². The number of hydrogen-bond donors (Lipinski definition) is 3. The summed E-state index contributed by atoms with van der Waals surface area (Å²) in [4.78, 5) is 29.4. The quantitative estimate of drug-likeness (QED) is 0.588. The Bertz CT molecular complexity index is 710. The van der Waals surface area contributed by atoms with E-state index in [2.05, 4.69) is 26.3 Å². The van der Waals surface area contributed by atoms with Gasteiger partial charge in [0.25, 0.3) is 5.91 Å². The van der Waals surface area contributed by atoms with Crippen molar-refractivity contribution in [2.75, 3.05) is 45.7 Å². The van der Waals surface area contributed by atoms with E-state index in [9.17, 15) is 9.59 Å². The minimum Gasteiger partial charge on any atom is -0.462 e. The summed E-state index contributed by atoms with van der Waals surface area (Å²) in [5.74, 6) is 0.303. The molecule has 3 rings (SSSR count). The van der Waals surface area contributed by atoms with Crippen molar-refractivity contribution in [3.63, 3.8) is 0 Å². The molecule has 7 heteroatoms. The largest absolute Gasteiger partial charge is 0.462 e. The van der Waals surface area contributed by atoms with Crippen LogP contribution < -0.4 is 15.1 Å². The summed E-state index contributed by atoms with van der Waals surface area (Å²) in [6.45, 7) is 7.19. The molecule has 1 aliphatic carbocycles. The number of likely N-dealkylation sites (N-methyl/N-ethyl adjacent to an activating group) is 1. The molecule has 3 N–H and O–H groups in total. The average molecular weight is 410 g/mol. The van der Waals surface area contributed by atoms with Gasteiger partial charge in [0.05, 0.1) is 45.4 Å². The normalized spacial score (nSPS) is 25.6. The second kappa shape index (κ2) is 9.37. The fourth-order valence-corrected chi connectivity index (χ4v) is 5.84. The molecule has 156 valence electrons. The zero-order valence-corrected chi connectivity index (χ0v) is 18.5. The van der Waals surface area contributed by atoms with Gasteiger partial charge in [0.2, 0.25) is 0 Å². The Hall–Kier alpha value is -1.44. The third kappa shape index (κ3) is 4.93. The Morgan fingerprint density at radius 1 is 1.29 bits per heavy atom. The number of esters is 1. The van der Waals surface area contributed by atoms with Gasteiger partial charge in [-0.25, -0.2) is 4.79 Å². The molecule has 1 aliphatic heterocycles. The Morgan fingerprint density at radius 3 is 2.68 bits per heavy atom. The smallest absolute Gasteiger partial charge is 0.341 e. The topological polar surface area (TPSA) is 64.3 Å². The Kier molecular flexibility index (Phi) is 7.12. The highest BCUT2D eigenvalue weighted by molar-refractivity contribution is 7.17. The molecule has 0 saturated carbocycles. The van der Waals surface area contributed by atoms with Gasteiger partial charge in [0.15, 0.2) is 6.54 Å². The van der Waals surface area contributed by atoms with Crippen LogP contribution in [0.15, 0.2) is 0 Å². The fourth-order valence-electron chi connectivity index (χ4n) is 4.43. The van der Waals surface area contributed by atoms with Crippen molar-refractivity contribution < 1.29 is 24.1 Å². The maximum atomic E-state index is 12.8. The number of carbonyl (C=O) groups excluding carboxylic acids is 2. The van der Waals surface area contributed by atoms with Crippen molar-refractivity contribution in [3.05, 3.63) is 16.0 Å². The number of likely N-dealkylation sites (tertiary alicyclic amines) is 1. The SMILES string of the molecule is CCOC(=O)c1c(NC(=O)C[NH+](C)C2CC[NH+](C)CC2)sc2c1CCC(C)C2. The van der Waals surface area contributed by atoms with E-state index in [4.69, 9.17) is 4.74 Å². The van der Waals surface area contributed by atoms with Crippen LogP contribution >= 0.6 is 11.3 Å². The molecule has 1 aromatic heterocycles. The number of nitrogens with one attached hydrogen (secondary N) is 3. The predicted octanol–water partition coefficient (Wildman–Crippen LogP) is 0.180. The number of ether oxygens (including phenoxy) is 1. The van der Waals surface area contributed by atoms with Crippen LogP contribution in [0, 0.1) is 5.92 Å². The van der Waals surface area contributed by atoms with Crippen molar-refractivity contribution in [2.45, 2.75) is 52.0 Å². The number of hydrogen-bond acceptors (Lipinski definition) is 4. The Labute approximate surface area is 172 Å². The highest BCUT2D eigenvalue weighted by Crippen LogP contribution is 2.40. The lowest BCUT2D eigenvalue weighted by atomic mass is 9.88. The summed E-state index contributed by atoms with van der Waals surface area (Å²) in [5, 5.41) is 3.74. The van der Waals surface area contributed by atoms with Gasteiger partial charge in [-0.15, -0.1) is 11.3 Å². The first-order chi connectivity index (χ1) is 13.4. The number of carbonyl (C=O) groups is 2. The average Bonchev–Trinajstić information content (AvgIpc) is 2.98. The molecule has 0 radical (unpaired) electrons. The van der Waals surface area contributed by atoms with Crippen LogP contribution in [0.25, 0.3) is 0 Å². The second-order valence-electron chi connectivity index (χ2n) is 8.58. The number of quaternary nitrogens is 2. The Morgan fingerprint density at radius 2 is 2.00 bits per heavy atom. The molecule has 2 heterocycles. The molecule has 0 spiro atoms. The van der Waals surface area contributed by atoms with Crippen LogP contribution in [0.1, 0.15) is 53.9 Å². The van der Waals surface area contributed by atoms with E-state index in [0.717, 1.165) is 37.7 Å². The Balaban J connectivity index is 1.70. The van der Waals surface area contributed by atoms with Gasteiger partial charge in [-0.05, 0) is 37.7 Å². The first-order valence-corrected chi connectivity index (χ1v) is 11.5. The van der Waals surface area contributed by atoms with Gasteiger partial charge >= 0.3 is 5.97 Å². The number of amides is 1. The van der Waals surface area contributed by atoms with Gasteiger partial charge in [-0.3, -0.25) is 4.79 Å². The molecule has 1 amide bonds. The van der Waals surface area contributed by atoms with Crippen LogP contribution in [-0.4, -0.2) is 58.3 Å². The first-order valence-electron chi connectivity index (χ1n) is 10.6. The molecule has 1 aromatic rings. The van der Waals surface area contributed by atoms with Crippen LogP contribution in [0.4, 0.5) is 5.00 Å². The summed E-state index contributed by atoms with van der Waals surface area (Å²) in [5.41, 5.74) is 1.69. The van der Waals surface area contributed by atoms with E-state index in [1.165, 1.54) is 22.9 Å². The van der Waals surface area contributed by atoms with E-state index < -0.39 is 0 Å². The highest BCUT2D eigenvalue weighted by Gasteiger charge is 2.31. The van der Waals surface area contributed by atoms with Crippen LogP contribution in [0.2, 0.25) is 0 Å². The minimum absolute atomic E-state index is 0.0130. The lowest BCUT2D eigenvalue weighted by Gasteiger charge is -2.30. The lowest BCUT2D eigenvalue weighted by Crippen LogP contribution is -3.18. The molecule has 1 saturated heterocycles. The summed E-state index contributed by atoms with van der Waals surface area (Å²) in [6.07, 6.45) is 5.26. The van der Waals surface area contributed by atoms with Crippen molar-refractivity contribution in [1.29, 1.82) is 0 Å². The van der Waals surface area contributed by atoms with Crippen molar-refractivity contribution in [1.82, 2.24) is 0 Å². The van der Waals surface area contributed by atoms with E-state index >= 15 is 0 Å². The van der Waals surface area contributed by atoms with E-state index in [1.54, 1.807) is 16.2 Å². The fraction of sp³-hybridized carbons (Fsp3) is 0.714. The zero-order valence-electron chi connectivity index (χ0n) is 17.7. The monoisotopic (exact) mass is 409 g/mol. The molecular formula is C21H35N3O3S+2. The molecule has 2 unspecified atom stereocenters. The first kappa shape index (κ1) is 21.3. The lowest BCUT2D eigenvalue weighted by molar-refractivity contribution is -0.935. The van der Waals surface area contributed by atoms with E-state index in [1.807, 2.05) is 6.92 Å². The number of thiophene rings is 1. The number of piperidine rings is 1. The van der Waals surface area contributed by atoms with Gasteiger partial charge in [-0.1, -0.05) is 6.92 Å². The van der Waals surface area contributed by atoms with Crippen molar-refractivity contribution in [3.8, 4) is 0 Å². The summed E-state index contributed by atoms with van der Waals surface area (Å²) >= 11 is 1.57. The molecule has 0 bridgehead atoms. The van der Waals surface area contributed by atoms with Gasteiger partial charge in [0, 0.05) is 17.7 Å². The molecular weight excluding hydrogens is 374 g/mol. The molecule has 2 atom stereocenters. The third-order valence-electron chi connectivity index (χ3n) is 6.22. The molecule has 6 nitrogen and oxygen atoms in total. The maximum absolute atomic E-state index is 12.8. The van der Waals surface area contributed by atoms with Gasteiger partial charge in [-0.2, -0.15) is 0 Å². The van der Waals surface area contributed by atoms with Crippen molar-refractivity contribution >= 4 is 28.2 Å². The second-order valence-corrected chi connectivity index (χ2v) is 9.68. The molecule has 2 aliphatic rings. The summed E-state index contributed by atoms with van der Waals surface area (Å²) < 4.78 is 5.30. The summed E-state index contributed by atoms with van der Waals surface area (Å²) in [6, 6.07) is 0.538. The van der Waals surface area contributed by atoms with E-state index in [-0.39, 0.29) is 11.9 Å². The van der Waals surface area contributed by atoms with Crippen LogP contribution in [-0.2, 0) is 22.4 Å². The van der Waals surface area contributed by atoms with Crippen LogP contribution in [0.5, 0.6) is 0 Å². The standard InChI is InChI=1S/C21H33N3O3S/c1-5-27-21(26)19-16-7-6-14(2)12-17(16)28-20(19)22-18(25)13-24(4)15-8-10-23(3)11-9-15/h14-15H,5-13H2,1-4H3,(H,22,25)/p+2. The van der Waals surface area contributed by atoms with Crippen LogP contribution in [0.3, 0.4) is 0 Å². The predicted molar refractivity (Wildman–Crippen MR) is 111 cm³/mol. The zero-order chi connectivity index (χ0) is 20.3. The van der Waals surface area contributed by atoms with Gasteiger partial charge in [0.1, 0.15) is 5.00 Å². The number of anilines is 1. The highest BCUT2D eigenvalue weighted by atomic mass is 32.1. The van der Waals surface area contributed by atoms with E-state index in [0.29, 0.717) is 35.7 Å². The minimum atomic E-state index is -0.302. The molecule has 0 aromatic carbocycles. The van der Waals surface area contributed by atoms with Crippen molar-refractivity contribution in [2.24, 2.45) is 5.92 Å².